The maximum atomic E-state index is 11.6. The average Bonchev–Trinajstić information content (AvgIpc) is 2.63. The van der Waals surface area contributed by atoms with Crippen LogP contribution in [0.2, 0.25) is 0 Å². The van der Waals surface area contributed by atoms with E-state index in [0.717, 1.165) is 12.8 Å². The number of rotatable bonds is 5. The van der Waals surface area contributed by atoms with Gasteiger partial charge in [-0.1, -0.05) is 20.8 Å². The Bertz CT molecular complexity index is 355. The number of ether oxygens (including phenoxy) is 1. The number of aromatic nitrogens is 1. The summed E-state index contributed by atoms with van der Waals surface area (Å²) in [6.45, 7) is 8.13. The second-order valence-corrected chi connectivity index (χ2v) is 3.95. The Morgan fingerprint density at radius 1 is 1.44 bits per heavy atom. The minimum absolute atomic E-state index is 0.161. The van der Waals surface area contributed by atoms with Gasteiger partial charge < -0.3 is 9.15 Å². The van der Waals surface area contributed by atoms with Gasteiger partial charge in [-0.25, -0.2) is 9.78 Å². The van der Waals surface area contributed by atoms with Crippen LogP contribution < -0.4 is 0 Å². The predicted octanol–water partition coefficient (Wildman–Crippen LogP) is 2.93. The standard InChI is InChI=1S/C12H19NO3/c1-5-7-9-13-10(8(3)4)11(16-9)12(14)15-6-2/h8H,5-7H2,1-4H3. The molecule has 0 saturated heterocycles. The lowest BCUT2D eigenvalue weighted by molar-refractivity contribution is 0.0485. The molecule has 4 nitrogen and oxygen atoms in total. The molecule has 0 aliphatic heterocycles. The van der Waals surface area contributed by atoms with Crippen molar-refractivity contribution in [3.05, 3.63) is 17.3 Å². The highest BCUT2D eigenvalue weighted by atomic mass is 16.5. The van der Waals surface area contributed by atoms with Crippen LogP contribution in [0.15, 0.2) is 4.42 Å². The van der Waals surface area contributed by atoms with Gasteiger partial charge in [0.25, 0.3) is 0 Å². The summed E-state index contributed by atoms with van der Waals surface area (Å²) in [6, 6.07) is 0. The number of hydrogen-bond donors (Lipinski definition) is 0. The van der Waals surface area contributed by atoms with Gasteiger partial charge in [0.2, 0.25) is 5.76 Å². The molecule has 0 amide bonds. The van der Waals surface area contributed by atoms with Crippen molar-refractivity contribution in [3.8, 4) is 0 Å². The van der Waals surface area contributed by atoms with Crippen LogP contribution in [-0.4, -0.2) is 17.6 Å². The molecule has 0 fully saturated rings. The molecule has 16 heavy (non-hydrogen) atoms. The van der Waals surface area contributed by atoms with Crippen molar-refractivity contribution < 1.29 is 13.9 Å². The minimum Gasteiger partial charge on any atom is -0.460 e. The van der Waals surface area contributed by atoms with Crippen molar-refractivity contribution >= 4 is 5.97 Å². The van der Waals surface area contributed by atoms with Crippen LogP contribution in [0.5, 0.6) is 0 Å². The highest BCUT2D eigenvalue weighted by Crippen LogP contribution is 2.21. The first-order valence-corrected chi connectivity index (χ1v) is 5.76. The van der Waals surface area contributed by atoms with Crippen molar-refractivity contribution in [2.45, 2.75) is 46.5 Å². The number of nitrogens with zero attached hydrogens (tertiary/aromatic N) is 1. The van der Waals surface area contributed by atoms with Crippen LogP contribution >= 0.6 is 0 Å². The van der Waals surface area contributed by atoms with E-state index >= 15 is 0 Å². The quantitative estimate of drug-likeness (QED) is 0.723. The first-order chi connectivity index (χ1) is 7.60. The first-order valence-electron chi connectivity index (χ1n) is 5.76. The molecule has 0 spiro atoms. The Labute approximate surface area is 96.0 Å². The van der Waals surface area contributed by atoms with E-state index < -0.39 is 5.97 Å². The van der Waals surface area contributed by atoms with Crippen molar-refractivity contribution in [3.63, 3.8) is 0 Å². The fraction of sp³-hybridized carbons (Fsp3) is 0.667. The van der Waals surface area contributed by atoms with Crippen molar-refractivity contribution in [2.75, 3.05) is 6.61 Å². The largest absolute Gasteiger partial charge is 0.460 e. The summed E-state index contributed by atoms with van der Waals surface area (Å²) in [5.74, 6) is 0.629. The average molecular weight is 225 g/mol. The zero-order valence-corrected chi connectivity index (χ0v) is 10.4. The van der Waals surface area contributed by atoms with E-state index in [-0.39, 0.29) is 11.7 Å². The molecule has 0 saturated carbocycles. The van der Waals surface area contributed by atoms with E-state index in [1.807, 2.05) is 20.8 Å². The first kappa shape index (κ1) is 12.7. The van der Waals surface area contributed by atoms with Gasteiger partial charge in [0.1, 0.15) is 0 Å². The molecule has 0 atom stereocenters. The molecule has 4 heteroatoms. The van der Waals surface area contributed by atoms with Gasteiger partial charge in [0, 0.05) is 6.42 Å². The van der Waals surface area contributed by atoms with E-state index in [9.17, 15) is 4.79 Å². The van der Waals surface area contributed by atoms with Gasteiger partial charge in [-0.15, -0.1) is 0 Å². The number of esters is 1. The van der Waals surface area contributed by atoms with E-state index in [2.05, 4.69) is 4.98 Å². The summed E-state index contributed by atoms with van der Waals surface area (Å²) in [6.07, 6.45) is 1.69. The maximum absolute atomic E-state index is 11.6. The Morgan fingerprint density at radius 2 is 2.12 bits per heavy atom. The summed E-state index contributed by atoms with van der Waals surface area (Å²) in [5, 5.41) is 0. The Kier molecular flexibility index (Phi) is 4.52. The molecule has 0 aliphatic rings. The molecule has 0 bridgehead atoms. The summed E-state index contributed by atoms with van der Waals surface area (Å²) >= 11 is 0. The Balaban J connectivity index is 2.99. The van der Waals surface area contributed by atoms with Crippen molar-refractivity contribution in [2.24, 2.45) is 0 Å². The molecule has 1 heterocycles. The summed E-state index contributed by atoms with van der Waals surface area (Å²) in [4.78, 5) is 16.0. The third-order valence-corrected chi connectivity index (χ3v) is 2.17. The zero-order chi connectivity index (χ0) is 12.1. The van der Waals surface area contributed by atoms with E-state index in [4.69, 9.17) is 9.15 Å². The fourth-order valence-electron chi connectivity index (χ4n) is 1.43. The normalized spacial score (nSPS) is 10.8. The fourth-order valence-corrected chi connectivity index (χ4v) is 1.43. The van der Waals surface area contributed by atoms with Crippen molar-refractivity contribution in [1.29, 1.82) is 0 Å². The van der Waals surface area contributed by atoms with Crippen molar-refractivity contribution in [1.82, 2.24) is 4.98 Å². The summed E-state index contributed by atoms with van der Waals surface area (Å²) in [7, 11) is 0. The van der Waals surface area contributed by atoms with Gasteiger partial charge in [-0.2, -0.15) is 0 Å². The predicted molar refractivity (Wildman–Crippen MR) is 60.5 cm³/mol. The minimum atomic E-state index is -0.416. The van der Waals surface area contributed by atoms with Crippen LogP contribution in [0.4, 0.5) is 0 Å². The monoisotopic (exact) mass is 225 g/mol. The summed E-state index contributed by atoms with van der Waals surface area (Å²) < 4.78 is 10.4. The van der Waals surface area contributed by atoms with E-state index in [1.54, 1.807) is 6.92 Å². The smallest absolute Gasteiger partial charge is 0.376 e. The maximum Gasteiger partial charge on any atom is 0.376 e. The van der Waals surface area contributed by atoms with Gasteiger partial charge in [0.05, 0.1) is 12.3 Å². The molecule has 1 aromatic rings. The Hall–Kier alpha value is -1.32. The number of carbonyl (C=O) groups excluding carboxylic acids is 1. The second kappa shape index (κ2) is 5.68. The number of hydrogen-bond acceptors (Lipinski definition) is 4. The number of aryl methyl sites for hydroxylation is 1. The third kappa shape index (κ3) is 2.84. The lowest BCUT2D eigenvalue weighted by Gasteiger charge is -2.02. The molecular formula is C12H19NO3. The van der Waals surface area contributed by atoms with Crippen LogP contribution in [0, 0.1) is 0 Å². The molecule has 0 aliphatic carbocycles. The highest BCUT2D eigenvalue weighted by molar-refractivity contribution is 5.87. The molecule has 1 aromatic heterocycles. The van der Waals surface area contributed by atoms with Gasteiger partial charge >= 0.3 is 5.97 Å². The van der Waals surface area contributed by atoms with Gasteiger partial charge in [-0.3, -0.25) is 0 Å². The SMILES string of the molecule is CCCc1nc(C(C)C)c(C(=O)OCC)o1. The van der Waals surface area contributed by atoms with Gasteiger partial charge in [0.15, 0.2) is 5.89 Å². The number of oxazole rings is 1. The zero-order valence-electron chi connectivity index (χ0n) is 10.4. The van der Waals surface area contributed by atoms with Crippen LogP contribution in [-0.2, 0) is 11.2 Å². The molecular weight excluding hydrogens is 206 g/mol. The van der Waals surface area contributed by atoms with E-state index in [1.165, 1.54) is 0 Å². The Morgan fingerprint density at radius 3 is 2.62 bits per heavy atom. The molecule has 0 aromatic carbocycles. The second-order valence-electron chi connectivity index (χ2n) is 3.95. The topological polar surface area (TPSA) is 52.3 Å². The number of carbonyl (C=O) groups is 1. The van der Waals surface area contributed by atoms with Crippen LogP contribution in [0.3, 0.4) is 0 Å². The lowest BCUT2D eigenvalue weighted by Crippen LogP contribution is -2.07. The molecule has 1 rings (SSSR count). The molecule has 0 N–H and O–H groups in total. The lowest BCUT2D eigenvalue weighted by atomic mass is 10.1. The van der Waals surface area contributed by atoms with E-state index in [0.29, 0.717) is 18.2 Å². The van der Waals surface area contributed by atoms with Crippen LogP contribution in [0.1, 0.15) is 62.2 Å². The summed E-state index contributed by atoms with van der Waals surface area (Å²) in [5.41, 5.74) is 0.696. The van der Waals surface area contributed by atoms with Gasteiger partial charge in [-0.05, 0) is 19.3 Å². The highest BCUT2D eigenvalue weighted by Gasteiger charge is 2.22. The third-order valence-electron chi connectivity index (χ3n) is 2.17. The van der Waals surface area contributed by atoms with Crippen LogP contribution in [0.25, 0.3) is 0 Å². The molecule has 90 valence electrons. The molecule has 0 unspecified atom stereocenters. The molecule has 0 radical (unpaired) electrons.